The van der Waals surface area contributed by atoms with E-state index < -0.39 is 5.41 Å². The molecule has 0 bridgehead atoms. The highest BCUT2D eigenvalue weighted by Gasteiger charge is 2.52. The summed E-state index contributed by atoms with van der Waals surface area (Å²) in [7, 11) is 0. The van der Waals surface area contributed by atoms with Gasteiger partial charge in [0.2, 0.25) is 0 Å². The number of rotatable bonds is 5. The van der Waals surface area contributed by atoms with E-state index in [0.29, 0.717) is 17.5 Å². The lowest BCUT2D eigenvalue weighted by molar-refractivity contribution is 0.794. The average molecular weight is 700 g/mol. The normalized spacial score (nSPS) is 12.9. The Morgan fingerprint density at radius 1 is 0.255 bits per heavy atom. The molecule has 0 aliphatic heterocycles. The van der Waals surface area contributed by atoms with Gasteiger partial charge in [0, 0.05) is 16.7 Å². The molecule has 3 heteroatoms. The Hall–Kier alpha value is -7.23. The van der Waals surface area contributed by atoms with Gasteiger partial charge in [-0.15, -0.1) is 0 Å². The zero-order valence-electron chi connectivity index (χ0n) is 29.9. The lowest BCUT2D eigenvalue weighted by Crippen LogP contribution is -2.26. The van der Waals surface area contributed by atoms with Crippen LogP contribution in [0, 0.1) is 0 Å². The van der Waals surface area contributed by atoms with Crippen LogP contribution in [-0.2, 0) is 5.41 Å². The summed E-state index contributed by atoms with van der Waals surface area (Å²) in [6.45, 7) is 0. The smallest absolute Gasteiger partial charge is 0.164 e. The van der Waals surface area contributed by atoms with Gasteiger partial charge in [0.15, 0.2) is 17.5 Å². The van der Waals surface area contributed by atoms with Gasteiger partial charge >= 0.3 is 0 Å². The van der Waals surface area contributed by atoms with E-state index in [1.807, 2.05) is 12.1 Å². The van der Waals surface area contributed by atoms with E-state index in [0.717, 1.165) is 38.9 Å². The molecule has 0 amide bonds. The Bertz CT molecular complexity index is 2770. The third-order valence-electron chi connectivity index (χ3n) is 11.3. The van der Waals surface area contributed by atoms with Gasteiger partial charge in [-0.05, 0) is 78.9 Å². The number of nitrogens with zero attached hydrogens (tertiary/aromatic N) is 3. The first-order valence-corrected chi connectivity index (χ1v) is 18.8. The van der Waals surface area contributed by atoms with Crippen molar-refractivity contribution in [3.63, 3.8) is 0 Å². The zero-order chi connectivity index (χ0) is 36.3. The molecule has 8 aromatic carbocycles. The Labute approximate surface area is 320 Å². The van der Waals surface area contributed by atoms with E-state index in [-0.39, 0.29) is 0 Å². The molecule has 0 radical (unpaired) electrons. The van der Waals surface area contributed by atoms with Crippen LogP contribution in [-0.4, -0.2) is 15.0 Å². The predicted molar refractivity (Wildman–Crippen MR) is 223 cm³/mol. The number of fused-ring (bicyclic) bond motifs is 10. The summed E-state index contributed by atoms with van der Waals surface area (Å²) in [5.41, 5.74) is 16.9. The van der Waals surface area contributed by atoms with E-state index in [9.17, 15) is 0 Å². The molecule has 3 nitrogen and oxygen atoms in total. The quantitative estimate of drug-likeness (QED) is 0.179. The summed E-state index contributed by atoms with van der Waals surface area (Å²) in [5, 5.41) is 0. The second kappa shape index (κ2) is 12.4. The fraction of sp³-hybridized carbons (Fsp3) is 0.0192. The molecule has 11 rings (SSSR count). The predicted octanol–water partition coefficient (Wildman–Crippen LogP) is 12.6. The lowest BCUT2D eigenvalue weighted by Gasteiger charge is -2.31. The summed E-state index contributed by atoms with van der Waals surface area (Å²) in [5.74, 6) is 1.93. The molecule has 1 aromatic heterocycles. The molecule has 256 valence electrons. The second-order valence-electron chi connectivity index (χ2n) is 14.3. The number of hydrogen-bond donors (Lipinski definition) is 0. The van der Waals surface area contributed by atoms with Gasteiger partial charge in [0.05, 0.1) is 5.41 Å². The van der Waals surface area contributed by atoms with Crippen molar-refractivity contribution in [3.05, 3.63) is 222 Å². The highest BCUT2D eigenvalue weighted by Crippen LogP contribution is 2.64. The van der Waals surface area contributed by atoms with Gasteiger partial charge in [-0.1, -0.05) is 188 Å². The maximum absolute atomic E-state index is 5.40. The maximum Gasteiger partial charge on any atom is 0.164 e. The first-order valence-electron chi connectivity index (χ1n) is 18.8. The number of hydrogen-bond acceptors (Lipinski definition) is 3. The van der Waals surface area contributed by atoms with Crippen molar-refractivity contribution < 1.29 is 0 Å². The largest absolute Gasteiger partial charge is 0.208 e. The van der Waals surface area contributed by atoms with E-state index in [1.165, 1.54) is 44.5 Å². The molecule has 1 heterocycles. The molecule has 0 saturated heterocycles. The summed E-state index contributed by atoms with van der Waals surface area (Å²) >= 11 is 0. The van der Waals surface area contributed by atoms with Crippen molar-refractivity contribution in [1.82, 2.24) is 15.0 Å². The molecule has 2 aliphatic rings. The van der Waals surface area contributed by atoms with Gasteiger partial charge in [0.1, 0.15) is 0 Å². The van der Waals surface area contributed by atoms with E-state index >= 15 is 0 Å². The summed E-state index contributed by atoms with van der Waals surface area (Å²) < 4.78 is 0. The standard InChI is InChI=1S/C52H33N3/c1-3-16-34(17-4-1)36-20-13-22-38(32-36)49-53-50(39-23-14-21-37(33-39)35-18-5-2-6-19-35)55-51(54-49)44-28-15-27-43-42-26-9-12-31-47(42)52(48(43)44)45-29-10-7-24-40(45)41-25-8-11-30-46(41)52/h1-33H. The van der Waals surface area contributed by atoms with Gasteiger partial charge in [-0.2, -0.15) is 0 Å². The van der Waals surface area contributed by atoms with Crippen LogP contribution in [0.5, 0.6) is 0 Å². The SMILES string of the molecule is c1ccc(-c2cccc(-c3nc(-c4cccc(-c5ccccc5)c4)nc(-c4cccc5c4C4(c6ccccc6-c6ccccc64)c4ccccc4-5)n3)c2)cc1. The number of benzene rings is 8. The first kappa shape index (κ1) is 31.3. The summed E-state index contributed by atoms with van der Waals surface area (Å²) in [6, 6.07) is 71.4. The molecular formula is C52H33N3. The molecular weight excluding hydrogens is 667 g/mol. The Balaban J connectivity index is 1.19. The zero-order valence-corrected chi connectivity index (χ0v) is 29.9. The van der Waals surface area contributed by atoms with Crippen molar-refractivity contribution in [2.45, 2.75) is 5.41 Å². The van der Waals surface area contributed by atoms with Crippen LogP contribution in [0.25, 0.3) is 78.7 Å². The minimum Gasteiger partial charge on any atom is -0.208 e. The Morgan fingerprint density at radius 2 is 0.600 bits per heavy atom. The first-order chi connectivity index (χ1) is 27.3. The molecule has 0 unspecified atom stereocenters. The van der Waals surface area contributed by atoms with Crippen LogP contribution in [0.15, 0.2) is 200 Å². The Morgan fingerprint density at radius 3 is 1.11 bits per heavy atom. The van der Waals surface area contributed by atoms with Crippen LogP contribution >= 0.6 is 0 Å². The minimum atomic E-state index is -0.539. The van der Waals surface area contributed by atoms with Crippen molar-refractivity contribution in [1.29, 1.82) is 0 Å². The highest BCUT2D eigenvalue weighted by atomic mass is 15.0. The van der Waals surface area contributed by atoms with Gasteiger partial charge in [-0.3, -0.25) is 0 Å². The molecule has 0 N–H and O–H groups in total. The lowest BCUT2D eigenvalue weighted by atomic mass is 9.69. The van der Waals surface area contributed by atoms with Crippen LogP contribution in [0.3, 0.4) is 0 Å². The van der Waals surface area contributed by atoms with Crippen molar-refractivity contribution in [2.75, 3.05) is 0 Å². The fourth-order valence-corrected chi connectivity index (χ4v) is 9.03. The van der Waals surface area contributed by atoms with Crippen molar-refractivity contribution >= 4 is 0 Å². The van der Waals surface area contributed by atoms with Crippen molar-refractivity contribution in [2.24, 2.45) is 0 Å². The molecule has 0 saturated carbocycles. The van der Waals surface area contributed by atoms with E-state index in [2.05, 4.69) is 188 Å². The summed E-state index contributed by atoms with van der Waals surface area (Å²) in [4.78, 5) is 16.0. The van der Waals surface area contributed by atoms with Crippen molar-refractivity contribution in [3.8, 4) is 78.7 Å². The topological polar surface area (TPSA) is 38.7 Å². The van der Waals surface area contributed by atoms with Crippen LogP contribution < -0.4 is 0 Å². The Kier molecular flexibility index (Phi) is 7.08. The molecule has 9 aromatic rings. The van der Waals surface area contributed by atoms with Gasteiger partial charge in [0.25, 0.3) is 0 Å². The number of aromatic nitrogens is 3. The monoisotopic (exact) mass is 699 g/mol. The molecule has 0 fully saturated rings. The third-order valence-corrected chi connectivity index (χ3v) is 11.3. The third kappa shape index (κ3) is 4.80. The highest BCUT2D eigenvalue weighted by molar-refractivity contribution is 5.98. The summed E-state index contributed by atoms with van der Waals surface area (Å²) in [6.07, 6.45) is 0. The van der Waals surface area contributed by atoms with E-state index in [1.54, 1.807) is 0 Å². The van der Waals surface area contributed by atoms with Crippen LogP contribution in [0.2, 0.25) is 0 Å². The minimum absolute atomic E-state index is 0.539. The van der Waals surface area contributed by atoms with Crippen LogP contribution in [0.1, 0.15) is 22.3 Å². The molecule has 1 spiro atoms. The van der Waals surface area contributed by atoms with E-state index in [4.69, 9.17) is 15.0 Å². The average Bonchev–Trinajstić information content (AvgIpc) is 3.74. The molecule has 0 atom stereocenters. The molecule has 55 heavy (non-hydrogen) atoms. The van der Waals surface area contributed by atoms with Crippen LogP contribution in [0.4, 0.5) is 0 Å². The second-order valence-corrected chi connectivity index (χ2v) is 14.3. The maximum atomic E-state index is 5.40. The van der Waals surface area contributed by atoms with Gasteiger partial charge in [-0.25, -0.2) is 15.0 Å². The van der Waals surface area contributed by atoms with Gasteiger partial charge < -0.3 is 0 Å². The molecule has 2 aliphatic carbocycles. The fourth-order valence-electron chi connectivity index (χ4n) is 9.03.